The Morgan fingerprint density at radius 1 is 0.656 bits per heavy atom. The molecule has 5 aromatic rings. The van der Waals surface area contributed by atoms with Gasteiger partial charge >= 0.3 is 6.09 Å². The molecule has 6 rings (SSSR count). The molecule has 0 saturated carbocycles. The van der Waals surface area contributed by atoms with Crippen molar-refractivity contribution in [2.45, 2.75) is 25.5 Å². The molecule has 13 heteroatoms. The van der Waals surface area contributed by atoms with Crippen LogP contribution in [0.4, 0.5) is 4.79 Å². The first-order chi connectivity index (χ1) is 29.8. The monoisotopic (exact) mass is 831 g/mol. The second-order valence-corrected chi connectivity index (χ2v) is 14.3. The lowest BCUT2D eigenvalue weighted by atomic mass is 9.97. The molecule has 0 heterocycles. The highest BCUT2D eigenvalue weighted by atomic mass is 16.6. The van der Waals surface area contributed by atoms with Crippen LogP contribution in [0.15, 0.2) is 115 Å². The van der Waals surface area contributed by atoms with Crippen LogP contribution in [-0.4, -0.2) is 91.5 Å². The number of rotatable bonds is 23. The summed E-state index contributed by atoms with van der Waals surface area (Å²) in [6.07, 6.45) is -0.703. The molecule has 0 aromatic heterocycles. The molecular weight excluding hydrogens is 779 g/mol. The molecule has 1 atom stereocenters. The van der Waals surface area contributed by atoms with Crippen LogP contribution in [0.5, 0.6) is 17.2 Å². The van der Waals surface area contributed by atoms with Crippen molar-refractivity contribution in [3.8, 4) is 28.4 Å². The lowest BCUT2D eigenvalue weighted by Crippen LogP contribution is -2.39. The van der Waals surface area contributed by atoms with Crippen LogP contribution in [0, 0.1) is 6.92 Å². The van der Waals surface area contributed by atoms with Crippen LogP contribution in [0.25, 0.3) is 11.1 Å². The molecule has 5 aromatic carbocycles. The van der Waals surface area contributed by atoms with Gasteiger partial charge in [-0.15, -0.1) is 0 Å². The molecule has 320 valence electrons. The molecule has 0 spiro atoms. The number of carbonyl (C=O) groups excluding carboxylic acids is 3. The molecule has 3 N–H and O–H groups in total. The number of fused-ring (bicyclic) bond motifs is 3. The van der Waals surface area contributed by atoms with Crippen molar-refractivity contribution in [3.05, 3.63) is 149 Å². The number of ether oxygens (including phenoxy) is 7. The van der Waals surface area contributed by atoms with Gasteiger partial charge in [-0.05, 0) is 64.6 Å². The maximum atomic E-state index is 13.4. The van der Waals surface area contributed by atoms with E-state index >= 15 is 0 Å². The van der Waals surface area contributed by atoms with Crippen molar-refractivity contribution in [1.82, 2.24) is 16.0 Å². The number of aryl methyl sites for hydroxylation is 1. The van der Waals surface area contributed by atoms with Crippen molar-refractivity contribution in [2.24, 2.45) is 0 Å². The van der Waals surface area contributed by atoms with Crippen LogP contribution in [0.2, 0.25) is 0 Å². The largest absolute Gasteiger partial charge is 0.497 e. The van der Waals surface area contributed by atoms with Crippen molar-refractivity contribution < 1.29 is 47.5 Å². The van der Waals surface area contributed by atoms with E-state index in [0.29, 0.717) is 74.6 Å². The van der Waals surface area contributed by atoms with E-state index in [2.05, 4.69) is 59.3 Å². The number of alkyl carbamates (subject to hydrolysis) is 1. The van der Waals surface area contributed by atoms with Gasteiger partial charge in [0.1, 0.15) is 30.4 Å². The summed E-state index contributed by atoms with van der Waals surface area (Å²) in [5, 5.41) is 8.37. The highest BCUT2D eigenvalue weighted by molar-refractivity contribution is 5.83. The lowest BCUT2D eigenvalue weighted by Gasteiger charge is -2.23. The van der Waals surface area contributed by atoms with E-state index in [0.717, 1.165) is 27.8 Å². The maximum Gasteiger partial charge on any atom is 0.407 e. The quantitative estimate of drug-likeness (QED) is 0.0623. The normalized spacial score (nSPS) is 12.1. The number of methoxy groups -OCH3 is 2. The molecular formula is C48H53N3O10. The number of amides is 3. The van der Waals surface area contributed by atoms with Crippen molar-refractivity contribution in [3.63, 3.8) is 0 Å². The molecule has 0 saturated heterocycles. The van der Waals surface area contributed by atoms with E-state index in [1.807, 2.05) is 36.4 Å². The van der Waals surface area contributed by atoms with E-state index < -0.39 is 18.0 Å². The third-order valence-electron chi connectivity index (χ3n) is 10.1. The van der Waals surface area contributed by atoms with Gasteiger partial charge < -0.3 is 49.1 Å². The number of carbonyl (C=O) groups is 3. The minimum absolute atomic E-state index is 0.108. The van der Waals surface area contributed by atoms with Gasteiger partial charge in [-0.3, -0.25) is 9.59 Å². The lowest BCUT2D eigenvalue weighted by molar-refractivity contribution is -0.123. The summed E-state index contributed by atoms with van der Waals surface area (Å²) < 4.78 is 39.1. The van der Waals surface area contributed by atoms with Gasteiger partial charge in [0.2, 0.25) is 5.91 Å². The second kappa shape index (κ2) is 22.8. The van der Waals surface area contributed by atoms with E-state index in [1.54, 1.807) is 49.6 Å². The smallest absolute Gasteiger partial charge is 0.407 e. The Bertz CT molecular complexity index is 2150. The molecule has 1 unspecified atom stereocenters. The Hall–Kier alpha value is -6.41. The third-order valence-corrected chi connectivity index (χ3v) is 10.1. The molecule has 3 amide bonds. The molecule has 61 heavy (non-hydrogen) atoms. The maximum absolute atomic E-state index is 13.4. The second-order valence-electron chi connectivity index (χ2n) is 14.3. The molecule has 0 aliphatic heterocycles. The zero-order valence-electron chi connectivity index (χ0n) is 34.8. The Labute approximate surface area is 356 Å². The van der Waals surface area contributed by atoms with Crippen molar-refractivity contribution in [2.75, 3.05) is 73.6 Å². The predicted molar refractivity (Wildman–Crippen MR) is 230 cm³/mol. The fraction of sp³-hybridized carbons (Fsp3) is 0.312. The van der Waals surface area contributed by atoms with Gasteiger partial charge in [-0.25, -0.2) is 4.79 Å². The van der Waals surface area contributed by atoms with Crippen molar-refractivity contribution >= 4 is 17.9 Å². The van der Waals surface area contributed by atoms with Gasteiger partial charge in [-0.1, -0.05) is 90.5 Å². The first kappa shape index (κ1) is 44.2. The average Bonchev–Trinajstić information content (AvgIpc) is 3.61. The van der Waals surface area contributed by atoms with Gasteiger partial charge in [-0.2, -0.15) is 0 Å². The Morgan fingerprint density at radius 3 is 1.97 bits per heavy atom. The first-order valence-corrected chi connectivity index (χ1v) is 20.2. The number of hydrogen-bond acceptors (Lipinski definition) is 10. The number of hydrogen-bond donors (Lipinski definition) is 3. The summed E-state index contributed by atoms with van der Waals surface area (Å²) in [7, 11) is 3.09. The fourth-order valence-electron chi connectivity index (χ4n) is 6.94. The van der Waals surface area contributed by atoms with Gasteiger partial charge in [0.05, 0.1) is 59.9 Å². The van der Waals surface area contributed by atoms with Crippen LogP contribution in [0.3, 0.4) is 0 Å². The summed E-state index contributed by atoms with van der Waals surface area (Å²) in [5.74, 6) is 0.663. The average molecular weight is 832 g/mol. The highest BCUT2D eigenvalue weighted by Gasteiger charge is 2.29. The van der Waals surface area contributed by atoms with Crippen molar-refractivity contribution in [1.29, 1.82) is 0 Å². The molecule has 0 fully saturated rings. The minimum atomic E-state index is -0.703. The summed E-state index contributed by atoms with van der Waals surface area (Å²) in [5.41, 5.74) is 8.13. The predicted octanol–water partition coefficient (Wildman–Crippen LogP) is 6.50. The summed E-state index contributed by atoms with van der Waals surface area (Å²) >= 11 is 0. The Morgan fingerprint density at radius 2 is 1.30 bits per heavy atom. The Kier molecular flexibility index (Phi) is 16.5. The molecule has 0 radical (unpaired) electrons. The summed E-state index contributed by atoms with van der Waals surface area (Å²) in [4.78, 5) is 38.7. The first-order valence-electron chi connectivity index (χ1n) is 20.2. The van der Waals surface area contributed by atoms with E-state index in [4.69, 9.17) is 33.2 Å². The molecule has 0 bridgehead atoms. The van der Waals surface area contributed by atoms with E-state index in [1.165, 1.54) is 12.7 Å². The number of benzene rings is 5. The standard InChI is InChI=1S/C48H53N3O10/c1-33-12-14-34(15-13-33)30-59-27-26-58-25-24-57-23-22-49-46(53)32-60-36-18-16-35(17-19-36)47(42-21-20-37(55-2)28-44(42)56-3)51-45(52)29-50-48(54)61-31-43-40-10-6-4-8-38(40)39-9-5-7-11-41(39)43/h4-21,28,43,47H,22-27,29-32H2,1-3H3,(H,49,53)(H,50,54)(H,51,52). The van der Waals surface area contributed by atoms with Gasteiger partial charge in [0, 0.05) is 24.1 Å². The van der Waals surface area contributed by atoms with Gasteiger partial charge in [0.25, 0.3) is 5.91 Å². The zero-order valence-corrected chi connectivity index (χ0v) is 34.8. The highest BCUT2D eigenvalue weighted by Crippen LogP contribution is 2.44. The molecule has 13 nitrogen and oxygen atoms in total. The van der Waals surface area contributed by atoms with E-state index in [9.17, 15) is 14.4 Å². The van der Waals surface area contributed by atoms with Crippen LogP contribution in [0.1, 0.15) is 45.3 Å². The minimum Gasteiger partial charge on any atom is -0.497 e. The zero-order chi connectivity index (χ0) is 42.8. The topological polar surface area (TPSA) is 152 Å². The fourth-order valence-corrected chi connectivity index (χ4v) is 6.94. The molecule has 1 aliphatic rings. The van der Waals surface area contributed by atoms with E-state index in [-0.39, 0.29) is 31.6 Å². The summed E-state index contributed by atoms with van der Waals surface area (Å²) in [6.45, 7) is 4.64. The van der Waals surface area contributed by atoms with Crippen LogP contribution in [-0.2, 0) is 35.1 Å². The molecule has 1 aliphatic carbocycles. The third kappa shape index (κ3) is 12.8. The number of nitrogens with one attached hydrogen (secondary N) is 3. The van der Waals surface area contributed by atoms with Gasteiger partial charge in [0.15, 0.2) is 6.61 Å². The Balaban J connectivity index is 0.928. The van der Waals surface area contributed by atoms with Crippen LogP contribution >= 0.6 is 0 Å². The SMILES string of the molecule is COc1ccc(C(NC(=O)CNC(=O)OCC2c3ccccc3-c3ccccc32)c2ccc(OCC(=O)NCCOCCOCCOCc3ccc(C)cc3)cc2)c(OC)c1. The van der Waals surface area contributed by atoms with Crippen LogP contribution < -0.4 is 30.2 Å². The summed E-state index contributed by atoms with van der Waals surface area (Å²) in [6, 6.07) is 36.0.